The number of hydrogen-bond donors (Lipinski definition) is 1. The molecular weight excluding hydrogens is 338 g/mol. The number of pyridine rings is 1. The van der Waals surface area contributed by atoms with Crippen LogP contribution in [0, 0.1) is 0 Å². The second-order valence-corrected chi connectivity index (χ2v) is 6.26. The van der Waals surface area contributed by atoms with Crippen LogP contribution in [0.5, 0.6) is 0 Å². The molecule has 3 rings (SSSR count). The van der Waals surface area contributed by atoms with Crippen LogP contribution in [-0.4, -0.2) is 21.1 Å². The highest BCUT2D eigenvalue weighted by Gasteiger charge is 2.19. The van der Waals surface area contributed by atoms with E-state index in [0.29, 0.717) is 34.0 Å². The lowest BCUT2D eigenvalue weighted by Crippen LogP contribution is -2.16. The predicted molar refractivity (Wildman–Crippen MR) is 98.6 cm³/mol. The van der Waals surface area contributed by atoms with E-state index in [1.54, 1.807) is 47.0 Å². The largest absolute Gasteiger partial charge is 0.321 e. The summed E-state index contributed by atoms with van der Waals surface area (Å²) in [6.45, 7) is 3.53. The SMILES string of the molecule is CCCc1nc2ccc(Cl)cn2c1C(=O)Nc1cccc(C(C)=O)c1. The number of ketones is 1. The minimum Gasteiger partial charge on any atom is -0.321 e. The number of halogens is 1. The summed E-state index contributed by atoms with van der Waals surface area (Å²) in [5.41, 5.74) is 2.98. The van der Waals surface area contributed by atoms with Crippen LogP contribution in [0.25, 0.3) is 5.65 Å². The molecule has 0 aliphatic heterocycles. The number of imidazole rings is 1. The zero-order valence-corrected chi connectivity index (χ0v) is 14.8. The second-order valence-electron chi connectivity index (χ2n) is 5.82. The fourth-order valence-electron chi connectivity index (χ4n) is 2.73. The molecule has 0 atom stereocenters. The first-order valence-corrected chi connectivity index (χ1v) is 8.46. The average molecular weight is 356 g/mol. The summed E-state index contributed by atoms with van der Waals surface area (Å²) in [5.74, 6) is -0.330. The second kappa shape index (κ2) is 7.07. The molecule has 0 spiro atoms. The van der Waals surface area contributed by atoms with Crippen LogP contribution >= 0.6 is 11.6 Å². The van der Waals surface area contributed by atoms with Gasteiger partial charge in [-0.15, -0.1) is 0 Å². The summed E-state index contributed by atoms with van der Waals surface area (Å²) in [6, 6.07) is 10.4. The molecule has 1 aromatic carbocycles. The molecule has 6 heteroatoms. The number of benzene rings is 1. The van der Waals surface area contributed by atoms with Gasteiger partial charge in [0, 0.05) is 17.4 Å². The number of Topliss-reactive ketones (excluding diaryl/α,β-unsaturated/α-hetero) is 1. The third-order valence-electron chi connectivity index (χ3n) is 3.88. The van der Waals surface area contributed by atoms with Crippen LogP contribution < -0.4 is 5.32 Å². The molecular formula is C19H18ClN3O2. The van der Waals surface area contributed by atoms with Crippen molar-refractivity contribution in [2.45, 2.75) is 26.7 Å². The summed E-state index contributed by atoms with van der Waals surface area (Å²) in [5, 5.41) is 3.38. The van der Waals surface area contributed by atoms with Crippen molar-refractivity contribution in [1.82, 2.24) is 9.38 Å². The molecule has 5 nitrogen and oxygen atoms in total. The summed E-state index contributed by atoms with van der Waals surface area (Å²) in [7, 11) is 0. The van der Waals surface area contributed by atoms with Gasteiger partial charge < -0.3 is 5.32 Å². The quantitative estimate of drug-likeness (QED) is 0.690. The van der Waals surface area contributed by atoms with E-state index in [1.165, 1.54) is 6.92 Å². The minimum atomic E-state index is -0.279. The first kappa shape index (κ1) is 17.2. The molecule has 2 heterocycles. The van der Waals surface area contributed by atoms with Crippen molar-refractivity contribution in [3.05, 3.63) is 64.6 Å². The Labute approximate surface area is 150 Å². The molecule has 2 aromatic heterocycles. The average Bonchev–Trinajstić information content (AvgIpc) is 2.92. The maximum absolute atomic E-state index is 12.9. The van der Waals surface area contributed by atoms with E-state index in [2.05, 4.69) is 10.3 Å². The monoisotopic (exact) mass is 355 g/mol. The summed E-state index contributed by atoms with van der Waals surface area (Å²) < 4.78 is 1.71. The van der Waals surface area contributed by atoms with Crippen molar-refractivity contribution in [1.29, 1.82) is 0 Å². The van der Waals surface area contributed by atoms with Crippen LogP contribution in [0.3, 0.4) is 0 Å². The number of nitrogens with zero attached hydrogens (tertiary/aromatic N) is 2. The number of anilines is 1. The Morgan fingerprint density at radius 3 is 2.76 bits per heavy atom. The van der Waals surface area contributed by atoms with Crippen molar-refractivity contribution in [3.63, 3.8) is 0 Å². The number of aryl methyl sites for hydroxylation is 1. The third kappa shape index (κ3) is 3.56. The van der Waals surface area contributed by atoms with Gasteiger partial charge in [-0.1, -0.05) is 37.1 Å². The van der Waals surface area contributed by atoms with E-state index in [1.807, 2.05) is 6.92 Å². The Morgan fingerprint density at radius 2 is 2.04 bits per heavy atom. The number of rotatable bonds is 5. The van der Waals surface area contributed by atoms with Crippen molar-refractivity contribution in [3.8, 4) is 0 Å². The van der Waals surface area contributed by atoms with Gasteiger partial charge in [0.1, 0.15) is 11.3 Å². The van der Waals surface area contributed by atoms with Gasteiger partial charge in [-0.25, -0.2) is 4.98 Å². The van der Waals surface area contributed by atoms with Crippen LogP contribution in [0.4, 0.5) is 5.69 Å². The van der Waals surface area contributed by atoms with Crippen LogP contribution in [0.15, 0.2) is 42.6 Å². The number of fused-ring (bicyclic) bond motifs is 1. The van der Waals surface area contributed by atoms with Gasteiger partial charge in [0.2, 0.25) is 0 Å². The predicted octanol–water partition coefficient (Wildman–Crippen LogP) is 4.40. The van der Waals surface area contributed by atoms with Gasteiger partial charge in [-0.3, -0.25) is 14.0 Å². The zero-order valence-electron chi connectivity index (χ0n) is 14.0. The standard InChI is InChI=1S/C19H18ClN3O2/c1-3-5-16-18(23-11-14(20)8-9-17(23)22-16)19(25)21-15-7-4-6-13(10-15)12(2)24/h4,6-11H,3,5H2,1-2H3,(H,21,25). The van der Waals surface area contributed by atoms with E-state index in [0.717, 1.165) is 12.1 Å². The highest BCUT2D eigenvalue weighted by molar-refractivity contribution is 6.30. The van der Waals surface area contributed by atoms with Crippen molar-refractivity contribution >= 4 is 34.6 Å². The maximum atomic E-state index is 12.9. The van der Waals surface area contributed by atoms with E-state index in [4.69, 9.17) is 11.6 Å². The van der Waals surface area contributed by atoms with Crippen LogP contribution in [0.2, 0.25) is 5.02 Å². The fraction of sp³-hybridized carbons (Fsp3) is 0.211. The van der Waals surface area contributed by atoms with E-state index in [9.17, 15) is 9.59 Å². The summed E-state index contributed by atoms with van der Waals surface area (Å²) in [6.07, 6.45) is 3.25. The molecule has 128 valence electrons. The van der Waals surface area contributed by atoms with Gasteiger partial charge in [-0.05, 0) is 37.6 Å². The highest BCUT2D eigenvalue weighted by Crippen LogP contribution is 2.20. The molecule has 0 saturated carbocycles. The van der Waals surface area contributed by atoms with Crippen molar-refractivity contribution in [2.75, 3.05) is 5.32 Å². The zero-order chi connectivity index (χ0) is 18.0. The van der Waals surface area contributed by atoms with E-state index in [-0.39, 0.29) is 11.7 Å². The van der Waals surface area contributed by atoms with Gasteiger partial charge in [-0.2, -0.15) is 0 Å². The molecule has 1 amide bonds. The Kier molecular flexibility index (Phi) is 4.86. The van der Waals surface area contributed by atoms with Gasteiger partial charge in [0.25, 0.3) is 5.91 Å². The number of carbonyl (C=O) groups excluding carboxylic acids is 2. The van der Waals surface area contributed by atoms with Gasteiger partial charge in [0.15, 0.2) is 5.78 Å². The lowest BCUT2D eigenvalue weighted by molar-refractivity contribution is 0.100. The first-order chi connectivity index (χ1) is 12.0. The molecule has 0 radical (unpaired) electrons. The summed E-state index contributed by atoms with van der Waals surface area (Å²) >= 11 is 6.08. The van der Waals surface area contributed by atoms with Crippen molar-refractivity contribution < 1.29 is 9.59 Å². The fourth-order valence-corrected chi connectivity index (χ4v) is 2.89. The minimum absolute atomic E-state index is 0.0515. The normalized spacial score (nSPS) is 10.8. The highest BCUT2D eigenvalue weighted by atomic mass is 35.5. The Balaban J connectivity index is 2.01. The Hall–Kier alpha value is -2.66. The number of nitrogens with one attached hydrogen (secondary N) is 1. The lowest BCUT2D eigenvalue weighted by Gasteiger charge is -2.08. The molecule has 3 aromatic rings. The van der Waals surface area contributed by atoms with E-state index >= 15 is 0 Å². The summed E-state index contributed by atoms with van der Waals surface area (Å²) in [4.78, 5) is 28.9. The molecule has 0 unspecified atom stereocenters. The number of amides is 1. The smallest absolute Gasteiger partial charge is 0.274 e. The van der Waals surface area contributed by atoms with Crippen LogP contribution in [0.1, 0.15) is 46.8 Å². The molecule has 0 bridgehead atoms. The molecule has 1 N–H and O–H groups in total. The van der Waals surface area contributed by atoms with Crippen LogP contribution in [-0.2, 0) is 6.42 Å². The Bertz CT molecular complexity index is 962. The van der Waals surface area contributed by atoms with Gasteiger partial charge in [0.05, 0.1) is 10.7 Å². The lowest BCUT2D eigenvalue weighted by atomic mass is 10.1. The van der Waals surface area contributed by atoms with Gasteiger partial charge >= 0.3 is 0 Å². The first-order valence-electron chi connectivity index (χ1n) is 8.08. The number of hydrogen-bond acceptors (Lipinski definition) is 3. The molecule has 0 aliphatic rings. The molecule has 25 heavy (non-hydrogen) atoms. The molecule has 0 fully saturated rings. The third-order valence-corrected chi connectivity index (χ3v) is 4.11. The number of aromatic nitrogens is 2. The molecule has 0 aliphatic carbocycles. The topological polar surface area (TPSA) is 63.5 Å². The Morgan fingerprint density at radius 1 is 1.24 bits per heavy atom. The van der Waals surface area contributed by atoms with E-state index < -0.39 is 0 Å². The molecule has 0 saturated heterocycles. The van der Waals surface area contributed by atoms with Crippen molar-refractivity contribution in [2.24, 2.45) is 0 Å². The maximum Gasteiger partial charge on any atom is 0.274 e. The number of carbonyl (C=O) groups is 2.